The van der Waals surface area contributed by atoms with Gasteiger partial charge in [-0.1, -0.05) is 24.3 Å². The molecule has 1 aliphatic heterocycles. The normalized spacial score (nSPS) is 18.9. The summed E-state index contributed by atoms with van der Waals surface area (Å²) >= 11 is 0. The van der Waals surface area contributed by atoms with Crippen LogP contribution in [0.5, 0.6) is 0 Å². The largest absolute Gasteiger partial charge is 0.392 e. The van der Waals surface area contributed by atoms with Crippen LogP contribution in [0, 0.1) is 23.5 Å². The number of anilines is 1. The van der Waals surface area contributed by atoms with E-state index in [4.69, 9.17) is 4.99 Å². The van der Waals surface area contributed by atoms with Gasteiger partial charge in [0.2, 0.25) is 5.91 Å². The van der Waals surface area contributed by atoms with Crippen molar-refractivity contribution in [3.8, 4) is 0 Å². The molecular weight excluding hydrogens is 474 g/mol. The number of halogens is 2. The fraction of sp³-hybridized carbons (Fsp3) is 0.345. The highest BCUT2D eigenvalue weighted by atomic mass is 19.1. The number of nitrogens with zero attached hydrogens (tertiary/aromatic N) is 3. The summed E-state index contributed by atoms with van der Waals surface area (Å²) in [6.07, 6.45) is 2.47. The number of hydrogen-bond acceptors (Lipinski definition) is 5. The van der Waals surface area contributed by atoms with Crippen LogP contribution in [0.1, 0.15) is 36.1 Å². The molecule has 3 unspecified atom stereocenters. The van der Waals surface area contributed by atoms with Crippen LogP contribution >= 0.6 is 0 Å². The average Bonchev–Trinajstić information content (AvgIpc) is 3.72. The molecule has 0 spiro atoms. The molecular formula is C29H30F2N4O2. The number of nitrogens with one attached hydrogen (secondary N) is 1. The molecule has 0 bridgehead atoms. The van der Waals surface area contributed by atoms with Gasteiger partial charge < -0.3 is 15.3 Å². The van der Waals surface area contributed by atoms with Gasteiger partial charge in [0, 0.05) is 30.6 Å². The van der Waals surface area contributed by atoms with Gasteiger partial charge >= 0.3 is 0 Å². The number of hydrogen-bond donors (Lipinski definition) is 2. The summed E-state index contributed by atoms with van der Waals surface area (Å²) in [5.74, 6) is -2.09. The lowest BCUT2D eigenvalue weighted by Gasteiger charge is -2.26. The molecule has 0 saturated heterocycles. The number of benzodiazepines with no additional fused rings is 1. The zero-order chi connectivity index (χ0) is 25.9. The maximum Gasteiger partial charge on any atom is 0.227 e. The van der Waals surface area contributed by atoms with Crippen molar-refractivity contribution in [3.63, 3.8) is 0 Å². The lowest BCUT2D eigenvalue weighted by Crippen LogP contribution is -2.47. The molecule has 1 saturated carbocycles. The molecule has 6 nitrogen and oxygen atoms in total. The smallest absolute Gasteiger partial charge is 0.227 e. The van der Waals surface area contributed by atoms with Crippen LogP contribution in [0.2, 0.25) is 0 Å². The maximum absolute atomic E-state index is 13.6. The number of aliphatic imine (C=N–C) groups is 1. The van der Waals surface area contributed by atoms with Crippen molar-refractivity contribution >= 4 is 17.3 Å². The van der Waals surface area contributed by atoms with Crippen molar-refractivity contribution in [1.82, 2.24) is 10.3 Å². The third kappa shape index (κ3) is 5.85. The highest BCUT2D eigenvalue weighted by Gasteiger charge is 2.41. The van der Waals surface area contributed by atoms with Crippen LogP contribution in [-0.4, -0.2) is 47.6 Å². The number of rotatable bonds is 8. The second-order valence-electron chi connectivity index (χ2n) is 9.86. The Hall–Kier alpha value is -3.65. The van der Waals surface area contributed by atoms with E-state index in [0.717, 1.165) is 30.2 Å². The molecule has 5 rings (SSSR count). The number of carbonyl (C=O) groups excluding carboxylic acids is 1. The van der Waals surface area contributed by atoms with Gasteiger partial charge in [0.25, 0.3) is 0 Å². The SMILES string of the molecule is CN1CC(NC(=O)C(C(O)CCc2cc(F)cc(F)c2)C2CC2)N=C(c2ccccn2)c2ccccc21. The van der Waals surface area contributed by atoms with E-state index < -0.39 is 29.8 Å². The van der Waals surface area contributed by atoms with Gasteiger partial charge in [0.15, 0.2) is 0 Å². The zero-order valence-corrected chi connectivity index (χ0v) is 20.6. The van der Waals surface area contributed by atoms with Gasteiger partial charge in [-0.25, -0.2) is 8.78 Å². The van der Waals surface area contributed by atoms with Gasteiger partial charge in [-0.15, -0.1) is 0 Å². The molecule has 192 valence electrons. The number of benzene rings is 2. The Kier molecular flexibility index (Phi) is 7.28. The number of aromatic nitrogens is 1. The summed E-state index contributed by atoms with van der Waals surface area (Å²) in [4.78, 5) is 25.0. The van der Waals surface area contributed by atoms with Crippen molar-refractivity contribution in [2.45, 2.75) is 38.0 Å². The Bertz CT molecular complexity index is 1280. The second kappa shape index (κ2) is 10.8. The summed E-state index contributed by atoms with van der Waals surface area (Å²) in [7, 11) is 1.96. The number of aryl methyl sites for hydroxylation is 1. The molecule has 37 heavy (non-hydrogen) atoms. The van der Waals surface area contributed by atoms with Crippen molar-refractivity contribution in [1.29, 1.82) is 0 Å². The number of pyridine rings is 1. The molecule has 1 fully saturated rings. The van der Waals surface area contributed by atoms with E-state index in [0.29, 0.717) is 23.5 Å². The molecule has 3 atom stereocenters. The van der Waals surface area contributed by atoms with Crippen LogP contribution in [0.4, 0.5) is 14.5 Å². The highest BCUT2D eigenvalue weighted by molar-refractivity contribution is 6.15. The fourth-order valence-electron chi connectivity index (χ4n) is 5.08. The Labute approximate surface area is 215 Å². The topological polar surface area (TPSA) is 77.8 Å². The quantitative estimate of drug-likeness (QED) is 0.484. The van der Waals surface area contributed by atoms with Crippen LogP contribution in [-0.2, 0) is 11.2 Å². The average molecular weight is 505 g/mol. The summed E-state index contributed by atoms with van der Waals surface area (Å²) in [6.45, 7) is 0.454. The number of aliphatic hydroxyl groups excluding tert-OH is 1. The predicted octanol–water partition coefficient (Wildman–Crippen LogP) is 4.11. The Morgan fingerprint density at radius 1 is 1.11 bits per heavy atom. The summed E-state index contributed by atoms with van der Waals surface area (Å²) in [5, 5.41) is 14.1. The third-order valence-corrected chi connectivity index (χ3v) is 7.02. The third-order valence-electron chi connectivity index (χ3n) is 7.02. The number of aliphatic hydroxyl groups is 1. The van der Waals surface area contributed by atoms with Crippen molar-refractivity contribution in [2.24, 2.45) is 16.8 Å². The van der Waals surface area contributed by atoms with Gasteiger partial charge in [-0.3, -0.25) is 14.8 Å². The molecule has 2 heterocycles. The molecule has 2 aliphatic rings. The van der Waals surface area contributed by atoms with E-state index in [1.54, 1.807) is 6.20 Å². The van der Waals surface area contributed by atoms with Crippen LogP contribution in [0.15, 0.2) is 71.9 Å². The van der Waals surface area contributed by atoms with E-state index in [1.165, 1.54) is 12.1 Å². The zero-order valence-electron chi connectivity index (χ0n) is 20.6. The Morgan fingerprint density at radius 3 is 2.54 bits per heavy atom. The first-order valence-electron chi connectivity index (χ1n) is 12.6. The predicted molar refractivity (Wildman–Crippen MR) is 138 cm³/mol. The van der Waals surface area contributed by atoms with Crippen LogP contribution in [0.3, 0.4) is 0 Å². The van der Waals surface area contributed by atoms with Crippen LogP contribution in [0.25, 0.3) is 0 Å². The van der Waals surface area contributed by atoms with E-state index in [2.05, 4.69) is 15.2 Å². The minimum absolute atomic E-state index is 0.0826. The van der Waals surface area contributed by atoms with Gasteiger partial charge in [-0.05, 0) is 67.5 Å². The minimum atomic E-state index is -0.932. The number of carbonyl (C=O) groups is 1. The molecule has 1 aromatic heterocycles. The summed E-state index contributed by atoms with van der Waals surface area (Å²) in [5.41, 5.74) is 3.79. The lowest BCUT2D eigenvalue weighted by atomic mass is 9.91. The van der Waals surface area contributed by atoms with Crippen molar-refractivity contribution < 1.29 is 18.7 Å². The fourth-order valence-corrected chi connectivity index (χ4v) is 5.08. The van der Waals surface area contributed by atoms with Crippen molar-refractivity contribution in [2.75, 3.05) is 18.5 Å². The number of fused-ring (bicyclic) bond motifs is 1. The Balaban J connectivity index is 1.35. The van der Waals surface area contributed by atoms with Crippen molar-refractivity contribution in [3.05, 3.63) is 95.3 Å². The highest BCUT2D eigenvalue weighted by Crippen LogP contribution is 2.40. The first-order chi connectivity index (χ1) is 17.9. The van der Waals surface area contributed by atoms with E-state index in [9.17, 15) is 18.7 Å². The van der Waals surface area contributed by atoms with E-state index in [-0.39, 0.29) is 24.7 Å². The molecule has 8 heteroatoms. The molecule has 3 aromatic rings. The van der Waals surface area contributed by atoms with Gasteiger partial charge in [0.05, 0.1) is 30.0 Å². The maximum atomic E-state index is 13.6. The molecule has 2 aromatic carbocycles. The standard InChI is InChI=1S/C29H30F2N4O2/c1-35-17-26(33-28(23-7-4-5-13-32-23)22-6-2-3-8-24(22)35)34-29(37)27(19-10-11-19)25(36)12-9-18-14-20(30)16-21(31)15-18/h2-8,13-16,19,25-27,36H,9-12,17H2,1H3,(H,34,37). The lowest BCUT2D eigenvalue weighted by molar-refractivity contribution is -0.130. The molecule has 1 aliphatic carbocycles. The van der Waals surface area contributed by atoms with E-state index >= 15 is 0 Å². The van der Waals surface area contributed by atoms with E-state index in [1.807, 2.05) is 49.5 Å². The number of amides is 1. The number of likely N-dealkylation sites (N-methyl/N-ethyl adjacent to an activating group) is 1. The molecule has 0 radical (unpaired) electrons. The first-order valence-corrected chi connectivity index (χ1v) is 12.6. The second-order valence-corrected chi connectivity index (χ2v) is 9.86. The Morgan fingerprint density at radius 2 is 1.84 bits per heavy atom. The van der Waals surface area contributed by atoms with Crippen LogP contribution < -0.4 is 10.2 Å². The molecule has 1 amide bonds. The monoisotopic (exact) mass is 504 g/mol. The molecule has 2 N–H and O–H groups in total. The first kappa shape index (κ1) is 25.0. The summed E-state index contributed by atoms with van der Waals surface area (Å²) < 4.78 is 27.1. The number of para-hydroxylation sites is 1. The van der Waals surface area contributed by atoms with Gasteiger partial charge in [-0.2, -0.15) is 0 Å². The summed E-state index contributed by atoms with van der Waals surface area (Å²) in [6, 6.07) is 16.9. The minimum Gasteiger partial charge on any atom is -0.392 e. The van der Waals surface area contributed by atoms with Gasteiger partial charge in [0.1, 0.15) is 17.8 Å².